The maximum atomic E-state index is 3.20. The second-order valence-electron chi connectivity index (χ2n) is 4.57. The first-order valence-electron chi connectivity index (χ1n) is 6.61. The Hall–Kier alpha value is -0.0800. The zero-order valence-corrected chi connectivity index (χ0v) is 11.2. The van der Waals surface area contributed by atoms with E-state index >= 15 is 0 Å². The minimum Gasteiger partial charge on any atom is -0.320 e. The Morgan fingerprint density at radius 2 is 1.87 bits per heavy atom. The Kier molecular flexibility index (Phi) is 10.4. The van der Waals surface area contributed by atoms with Gasteiger partial charge in [-0.1, -0.05) is 33.6 Å². The van der Waals surface area contributed by atoms with Gasteiger partial charge in [0.15, 0.2) is 0 Å². The number of hydrogen-bond acceptors (Lipinski definition) is 2. The van der Waals surface area contributed by atoms with Crippen molar-refractivity contribution in [2.24, 2.45) is 5.92 Å². The van der Waals surface area contributed by atoms with Gasteiger partial charge >= 0.3 is 0 Å². The van der Waals surface area contributed by atoms with Crippen molar-refractivity contribution in [3.63, 3.8) is 0 Å². The summed E-state index contributed by atoms with van der Waals surface area (Å²) >= 11 is 0. The number of nitrogens with zero attached hydrogens (tertiary/aromatic N) is 1. The Morgan fingerprint density at radius 1 is 1.13 bits per heavy atom. The van der Waals surface area contributed by atoms with Crippen LogP contribution < -0.4 is 5.32 Å². The van der Waals surface area contributed by atoms with E-state index in [4.69, 9.17) is 0 Å². The van der Waals surface area contributed by atoms with Gasteiger partial charge in [-0.2, -0.15) is 0 Å². The highest BCUT2D eigenvalue weighted by atomic mass is 15.1. The van der Waals surface area contributed by atoms with Crippen LogP contribution in [0.1, 0.15) is 46.5 Å². The molecule has 0 aromatic carbocycles. The van der Waals surface area contributed by atoms with E-state index in [1.807, 2.05) is 7.05 Å². The second kappa shape index (κ2) is 10.4. The molecule has 15 heavy (non-hydrogen) atoms. The van der Waals surface area contributed by atoms with Crippen LogP contribution in [0.4, 0.5) is 0 Å². The largest absolute Gasteiger partial charge is 0.320 e. The van der Waals surface area contributed by atoms with Gasteiger partial charge in [0.2, 0.25) is 0 Å². The third-order valence-electron chi connectivity index (χ3n) is 3.12. The summed E-state index contributed by atoms with van der Waals surface area (Å²) in [6.45, 7) is 11.8. The van der Waals surface area contributed by atoms with E-state index in [9.17, 15) is 0 Å². The highest BCUT2D eigenvalue weighted by Crippen LogP contribution is 2.05. The van der Waals surface area contributed by atoms with Gasteiger partial charge in [0.1, 0.15) is 0 Å². The lowest BCUT2D eigenvalue weighted by Gasteiger charge is -2.23. The minimum absolute atomic E-state index is 0.849. The van der Waals surface area contributed by atoms with Gasteiger partial charge in [-0.3, -0.25) is 0 Å². The Balaban J connectivity index is 3.44. The van der Waals surface area contributed by atoms with E-state index in [2.05, 4.69) is 31.0 Å². The molecule has 1 N–H and O–H groups in total. The summed E-state index contributed by atoms with van der Waals surface area (Å²) in [5, 5.41) is 3.20. The van der Waals surface area contributed by atoms with E-state index in [1.54, 1.807) is 0 Å². The Bertz CT molecular complexity index is 126. The molecule has 0 aromatic heterocycles. The SMILES string of the molecule is CCC(C)CN(CC)CCCCCNC. The molecule has 1 unspecified atom stereocenters. The molecule has 2 heteroatoms. The zero-order valence-electron chi connectivity index (χ0n) is 11.2. The summed E-state index contributed by atoms with van der Waals surface area (Å²) in [7, 11) is 2.03. The van der Waals surface area contributed by atoms with Crippen LogP contribution in [0.25, 0.3) is 0 Å². The van der Waals surface area contributed by atoms with Crippen molar-refractivity contribution in [1.29, 1.82) is 0 Å². The maximum Gasteiger partial charge on any atom is 0.000680 e. The topological polar surface area (TPSA) is 15.3 Å². The first-order valence-corrected chi connectivity index (χ1v) is 6.61. The normalized spacial score (nSPS) is 13.4. The molecule has 0 aliphatic carbocycles. The minimum atomic E-state index is 0.849. The van der Waals surface area contributed by atoms with E-state index < -0.39 is 0 Å². The summed E-state index contributed by atoms with van der Waals surface area (Å²) in [6, 6.07) is 0. The fraction of sp³-hybridized carbons (Fsp3) is 1.00. The Labute approximate surface area is 96.4 Å². The standard InChI is InChI=1S/C13H30N2/c1-5-13(3)12-15(6-2)11-9-7-8-10-14-4/h13-14H,5-12H2,1-4H3. The van der Waals surface area contributed by atoms with Crippen molar-refractivity contribution in [2.45, 2.75) is 46.5 Å². The third-order valence-corrected chi connectivity index (χ3v) is 3.12. The summed E-state index contributed by atoms with van der Waals surface area (Å²) in [5.74, 6) is 0.849. The van der Waals surface area contributed by atoms with Crippen LogP contribution >= 0.6 is 0 Å². The Morgan fingerprint density at radius 3 is 2.40 bits per heavy atom. The smallest absolute Gasteiger partial charge is 0.000680 e. The van der Waals surface area contributed by atoms with Gasteiger partial charge in [-0.15, -0.1) is 0 Å². The van der Waals surface area contributed by atoms with Crippen molar-refractivity contribution < 1.29 is 0 Å². The molecule has 0 fully saturated rings. The lowest BCUT2D eigenvalue weighted by atomic mass is 10.1. The van der Waals surface area contributed by atoms with Gasteiger partial charge in [-0.05, 0) is 45.4 Å². The predicted molar refractivity (Wildman–Crippen MR) is 69.3 cm³/mol. The fourth-order valence-corrected chi connectivity index (χ4v) is 1.76. The van der Waals surface area contributed by atoms with Crippen molar-refractivity contribution >= 4 is 0 Å². The number of rotatable bonds is 10. The van der Waals surface area contributed by atoms with E-state index in [0.717, 1.165) is 12.5 Å². The van der Waals surface area contributed by atoms with Crippen LogP contribution in [0.3, 0.4) is 0 Å². The quantitative estimate of drug-likeness (QED) is 0.563. The highest BCUT2D eigenvalue weighted by molar-refractivity contribution is 4.60. The molecule has 0 amide bonds. The molecule has 0 aliphatic rings. The lowest BCUT2D eigenvalue weighted by Crippen LogP contribution is -2.29. The number of unbranched alkanes of at least 4 members (excludes halogenated alkanes) is 2. The molecule has 0 radical (unpaired) electrons. The maximum absolute atomic E-state index is 3.20. The molecule has 1 atom stereocenters. The van der Waals surface area contributed by atoms with E-state index in [-0.39, 0.29) is 0 Å². The summed E-state index contributed by atoms with van der Waals surface area (Å²) < 4.78 is 0. The zero-order chi connectivity index (χ0) is 11.5. The monoisotopic (exact) mass is 214 g/mol. The number of nitrogens with one attached hydrogen (secondary N) is 1. The van der Waals surface area contributed by atoms with Gasteiger partial charge in [0.05, 0.1) is 0 Å². The van der Waals surface area contributed by atoms with Crippen LogP contribution in [0.15, 0.2) is 0 Å². The van der Waals surface area contributed by atoms with Crippen LogP contribution in [0, 0.1) is 5.92 Å². The second-order valence-corrected chi connectivity index (χ2v) is 4.57. The van der Waals surface area contributed by atoms with Gasteiger partial charge < -0.3 is 10.2 Å². The van der Waals surface area contributed by atoms with Crippen LogP contribution in [0.5, 0.6) is 0 Å². The molecule has 0 aliphatic heterocycles. The van der Waals surface area contributed by atoms with Crippen molar-refractivity contribution in [2.75, 3.05) is 33.2 Å². The molecule has 0 saturated carbocycles. The number of hydrogen-bond donors (Lipinski definition) is 1. The molecule has 0 aromatic rings. The molecule has 92 valence electrons. The third kappa shape index (κ3) is 8.88. The first kappa shape index (κ1) is 14.9. The molecular weight excluding hydrogens is 184 g/mol. The van der Waals surface area contributed by atoms with E-state index in [1.165, 1.54) is 45.3 Å². The molecular formula is C13H30N2. The summed E-state index contributed by atoms with van der Waals surface area (Å²) in [5.41, 5.74) is 0. The van der Waals surface area contributed by atoms with Crippen molar-refractivity contribution in [1.82, 2.24) is 10.2 Å². The van der Waals surface area contributed by atoms with Crippen molar-refractivity contribution in [3.8, 4) is 0 Å². The molecule has 0 rings (SSSR count). The average Bonchev–Trinajstić information content (AvgIpc) is 2.26. The average molecular weight is 214 g/mol. The van der Waals surface area contributed by atoms with Gasteiger partial charge in [-0.25, -0.2) is 0 Å². The molecule has 0 heterocycles. The first-order chi connectivity index (χ1) is 7.24. The van der Waals surface area contributed by atoms with Gasteiger partial charge in [0.25, 0.3) is 0 Å². The van der Waals surface area contributed by atoms with Crippen LogP contribution in [-0.4, -0.2) is 38.1 Å². The summed E-state index contributed by atoms with van der Waals surface area (Å²) in [4.78, 5) is 2.59. The summed E-state index contributed by atoms with van der Waals surface area (Å²) in [6.07, 6.45) is 5.33. The fourth-order valence-electron chi connectivity index (χ4n) is 1.76. The van der Waals surface area contributed by atoms with E-state index in [0.29, 0.717) is 0 Å². The molecule has 0 bridgehead atoms. The van der Waals surface area contributed by atoms with Crippen LogP contribution in [-0.2, 0) is 0 Å². The van der Waals surface area contributed by atoms with Crippen LogP contribution in [0.2, 0.25) is 0 Å². The molecule has 0 spiro atoms. The lowest BCUT2D eigenvalue weighted by molar-refractivity contribution is 0.241. The molecule has 2 nitrogen and oxygen atoms in total. The molecule has 0 saturated heterocycles. The van der Waals surface area contributed by atoms with Gasteiger partial charge in [0, 0.05) is 6.54 Å². The highest BCUT2D eigenvalue weighted by Gasteiger charge is 2.06. The van der Waals surface area contributed by atoms with Crippen molar-refractivity contribution in [3.05, 3.63) is 0 Å². The predicted octanol–water partition coefficient (Wildman–Crippen LogP) is 2.74.